The number of aryl methyl sites for hydroxylation is 1. The molecule has 0 saturated heterocycles. The Labute approximate surface area is 183 Å². The number of ether oxygens (including phenoxy) is 2. The minimum Gasteiger partial charge on any atom is -0.490 e. The number of hydrogen-bond acceptors (Lipinski definition) is 6. The van der Waals surface area contributed by atoms with E-state index in [0.717, 1.165) is 32.5 Å². The van der Waals surface area contributed by atoms with E-state index < -0.39 is 0 Å². The lowest BCUT2D eigenvalue weighted by atomic mass is 10.2. The van der Waals surface area contributed by atoms with Crippen LogP contribution in [0.5, 0.6) is 11.5 Å². The lowest BCUT2D eigenvalue weighted by Gasteiger charge is -2.11. The van der Waals surface area contributed by atoms with E-state index in [-0.39, 0.29) is 0 Å². The van der Waals surface area contributed by atoms with Gasteiger partial charge in [-0.05, 0) is 62.2 Å². The molecule has 3 rings (SSSR count). The van der Waals surface area contributed by atoms with Crippen molar-refractivity contribution in [3.63, 3.8) is 0 Å². The van der Waals surface area contributed by atoms with Crippen molar-refractivity contribution in [3.8, 4) is 11.5 Å². The first-order valence-corrected chi connectivity index (χ1v) is 11.1. The average Bonchev–Trinajstić information content (AvgIpc) is 3.07. The minimum absolute atomic E-state index is 0.571. The standard InChI is InChI=1S/C21H23BrN4O2S/c1-4-27-19-11-8-17(12-20(19)28-5-2)13-23-26-15(3)24-25-21(26)29-14-16-6-9-18(22)10-7-16/h6-13H,4-5,14H2,1-3H3/b23-13-. The SMILES string of the molecule is CCOc1ccc(/C=N\n2c(C)nnc2SCc2ccc(Br)cc2)cc1OCC. The predicted octanol–water partition coefficient (Wildman–Crippen LogP) is 5.32. The van der Waals surface area contributed by atoms with Crippen molar-refractivity contribution in [2.75, 3.05) is 13.2 Å². The van der Waals surface area contributed by atoms with Crippen LogP contribution < -0.4 is 9.47 Å². The number of halogens is 1. The van der Waals surface area contributed by atoms with E-state index in [1.807, 2.05) is 51.1 Å². The monoisotopic (exact) mass is 474 g/mol. The highest BCUT2D eigenvalue weighted by atomic mass is 79.9. The van der Waals surface area contributed by atoms with Crippen LogP contribution in [0.4, 0.5) is 0 Å². The Morgan fingerprint density at radius 1 is 1.03 bits per heavy atom. The summed E-state index contributed by atoms with van der Waals surface area (Å²) >= 11 is 5.06. The Kier molecular flexibility index (Phi) is 7.71. The van der Waals surface area contributed by atoms with Gasteiger partial charge in [0.15, 0.2) is 17.3 Å². The highest BCUT2D eigenvalue weighted by Gasteiger charge is 2.10. The Morgan fingerprint density at radius 2 is 1.76 bits per heavy atom. The quantitative estimate of drug-likeness (QED) is 0.310. The summed E-state index contributed by atoms with van der Waals surface area (Å²) in [5.74, 6) is 2.97. The maximum absolute atomic E-state index is 5.69. The van der Waals surface area contributed by atoms with Gasteiger partial charge >= 0.3 is 0 Å². The molecule has 6 nitrogen and oxygen atoms in total. The smallest absolute Gasteiger partial charge is 0.212 e. The molecule has 29 heavy (non-hydrogen) atoms. The molecular formula is C21H23BrN4O2S. The Morgan fingerprint density at radius 3 is 2.48 bits per heavy atom. The third-order valence-electron chi connectivity index (χ3n) is 3.94. The van der Waals surface area contributed by atoms with Gasteiger partial charge in [0.25, 0.3) is 0 Å². The van der Waals surface area contributed by atoms with Gasteiger partial charge in [-0.2, -0.15) is 9.78 Å². The third-order valence-corrected chi connectivity index (χ3v) is 5.46. The number of benzene rings is 2. The van der Waals surface area contributed by atoms with Crippen molar-refractivity contribution in [3.05, 3.63) is 63.9 Å². The van der Waals surface area contributed by atoms with Gasteiger partial charge in [0.05, 0.1) is 19.4 Å². The van der Waals surface area contributed by atoms with E-state index in [0.29, 0.717) is 19.0 Å². The van der Waals surface area contributed by atoms with E-state index in [1.54, 1.807) is 22.7 Å². The van der Waals surface area contributed by atoms with Crippen molar-refractivity contribution in [1.29, 1.82) is 0 Å². The fraction of sp³-hybridized carbons (Fsp3) is 0.286. The van der Waals surface area contributed by atoms with E-state index in [4.69, 9.17) is 9.47 Å². The molecule has 152 valence electrons. The van der Waals surface area contributed by atoms with Crippen LogP contribution in [0.3, 0.4) is 0 Å². The first-order chi connectivity index (χ1) is 14.1. The van der Waals surface area contributed by atoms with Crippen LogP contribution in [0.2, 0.25) is 0 Å². The Bertz CT molecular complexity index is 973. The van der Waals surface area contributed by atoms with Crippen LogP contribution in [0.1, 0.15) is 30.8 Å². The number of hydrogen-bond donors (Lipinski definition) is 0. The Hall–Kier alpha value is -2.32. The fourth-order valence-electron chi connectivity index (χ4n) is 2.56. The van der Waals surface area contributed by atoms with Crippen LogP contribution >= 0.6 is 27.7 Å². The molecule has 0 aliphatic rings. The van der Waals surface area contributed by atoms with Gasteiger partial charge in [-0.1, -0.05) is 39.8 Å². The number of aromatic nitrogens is 3. The normalized spacial score (nSPS) is 11.2. The zero-order valence-corrected chi connectivity index (χ0v) is 19.0. The summed E-state index contributed by atoms with van der Waals surface area (Å²) in [5.41, 5.74) is 2.12. The highest BCUT2D eigenvalue weighted by molar-refractivity contribution is 9.10. The van der Waals surface area contributed by atoms with Gasteiger partial charge in [0.2, 0.25) is 5.16 Å². The van der Waals surface area contributed by atoms with Gasteiger partial charge in [0.1, 0.15) is 0 Å². The molecule has 0 aliphatic carbocycles. The average molecular weight is 475 g/mol. The molecule has 0 N–H and O–H groups in total. The second kappa shape index (κ2) is 10.5. The molecule has 0 spiro atoms. The molecule has 0 saturated carbocycles. The summed E-state index contributed by atoms with van der Waals surface area (Å²) in [5, 5.41) is 13.8. The first kappa shape index (κ1) is 21.4. The summed E-state index contributed by atoms with van der Waals surface area (Å²) in [4.78, 5) is 0. The first-order valence-electron chi connectivity index (χ1n) is 9.34. The van der Waals surface area contributed by atoms with Crippen LogP contribution in [0, 0.1) is 6.92 Å². The van der Waals surface area contributed by atoms with Gasteiger partial charge < -0.3 is 9.47 Å². The lowest BCUT2D eigenvalue weighted by molar-refractivity contribution is 0.288. The molecule has 0 unspecified atom stereocenters. The van der Waals surface area contributed by atoms with Crippen molar-refractivity contribution in [2.45, 2.75) is 31.7 Å². The summed E-state index contributed by atoms with van der Waals surface area (Å²) < 4.78 is 14.1. The molecular weight excluding hydrogens is 452 g/mol. The molecule has 3 aromatic rings. The van der Waals surface area contributed by atoms with Crippen LogP contribution in [0.15, 0.2) is 57.2 Å². The summed E-state index contributed by atoms with van der Waals surface area (Å²) in [6, 6.07) is 14.0. The molecule has 2 aromatic carbocycles. The number of nitrogens with zero attached hydrogens (tertiary/aromatic N) is 4. The van der Waals surface area contributed by atoms with E-state index in [2.05, 4.69) is 43.4 Å². The van der Waals surface area contributed by atoms with Crippen molar-refractivity contribution >= 4 is 33.9 Å². The fourth-order valence-corrected chi connectivity index (χ4v) is 3.71. The van der Waals surface area contributed by atoms with Gasteiger partial charge in [0, 0.05) is 10.2 Å². The number of thioether (sulfide) groups is 1. The zero-order valence-electron chi connectivity index (χ0n) is 16.6. The second-order valence-electron chi connectivity index (χ2n) is 6.07. The second-order valence-corrected chi connectivity index (χ2v) is 7.93. The lowest BCUT2D eigenvalue weighted by Crippen LogP contribution is -2.00. The van der Waals surface area contributed by atoms with E-state index >= 15 is 0 Å². The van der Waals surface area contributed by atoms with Crippen LogP contribution in [0.25, 0.3) is 0 Å². The topological polar surface area (TPSA) is 61.5 Å². The maximum Gasteiger partial charge on any atom is 0.212 e. The summed E-state index contributed by atoms with van der Waals surface area (Å²) in [6.07, 6.45) is 1.78. The van der Waals surface area contributed by atoms with E-state index in [1.165, 1.54) is 5.56 Å². The van der Waals surface area contributed by atoms with Crippen LogP contribution in [-0.4, -0.2) is 34.3 Å². The zero-order chi connectivity index (χ0) is 20.6. The van der Waals surface area contributed by atoms with Crippen molar-refractivity contribution in [2.24, 2.45) is 5.10 Å². The van der Waals surface area contributed by atoms with Gasteiger partial charge in [-0.15, -0.1) is 10.2 Å². The molecule has 0 radical (unpaired) electrons. The summed E-state index contributed by atoms with van der Waals surface area (Å²) in [6.45, 7) is 6.95. The Balaban J connectivity index is 1.76. The highest BCUT2D eigenvalue weighted by Crippen LogP contribution is 2.28. The predicted molar refractivity (Wildman–Crippen MR) is 120 cm³/mol. The van der Waals surface area contributed by atoms with Crippen molar-refractivity contribution in [1.82, 2.24) is 14.9 Å². The molecule has 1 aromatic heterocycles. The van der Waals surface area contributed by atoms with Crippen molar-refractivity contribution < 1.29 is 9.47 Å². The molecule has 0 fully saturated rings. The molecule has 0 bridgehead atoms. The molecule has 0 atom stereocenters. The van der Waals surface area contributed by atoms with Crippen LogP contribution in [-0.2, 0) is 5.75 Å². The minimum atomic E-state index is 0.571. The summed E-state index contributed by atoms with van der Waals surface area (Å²) in [7, 11) is 0. The maximum atomic E-state index is 5.69. The molecule has 0 amide bonds. The molecule has 8 heteroatoms. The third kappa shape index (κ3) is 5.83. The number of rotatable bonds is 9. The molecule has 0 aliphatic heterocycles. The van der Waals surface area contributed by atoms with Gasteiger partial charge in [-0.3, -0.25) is 0 Å². The van der Waals surface area contributed by atoms with E-state index in [9.17, 15) is 0 Å². The van der Waals surface area contributed by atoms with Gasteiger partial charge in [-0.25, -0.2) is 0 Å². The largest absolute Gasteiger partial charge is 0.490 e. The molecule has 1 heterocycles.